The van der Waals surface area contributed by atoms with Crippen molar-refractivity contribution >= 4 is 5.96 Å². The molecule has 2 aromatic carbocycles. The van der Waals surface area contributed by atoms with Gasteiger partial charge in [-0.1, -0.05) is 42.5 Å². The fourth-order valence-corrected chi connectivity index (χ4v) is 4.26. The van der Waals surface area contributed by atoms with Gasteiger partial charge in [0.1, 0.15) is 5.82 Å². The Morgan fingerprint density at radius 2 is 1.80 bits per heavy atom. The zero-order valence-electron chi connectivity index (χ0n) is 14.3. The zero-order valence-corrected chi connectivity index (χ0v) is 14.3. The van der Waals surface area contributed by atoms with Crippen LogP contribution in [-0.4, -0.2) is 22.9 Å². The second-order valence-corrected chi connectivity index (χ2v) is 7.11. The maximum Gasteiger partial charge on any atom is 0.192 e. The highest BCUT2D eigenvalue weighted by Crippen LogP contribution is 2.37. The first kappa shape index (κ1) is 16.1. The summed E-state index contributed by atoms with van der Waals surface area (Å²) in [6, 6.07) is 18.3. The Balaban J connectivity index is 1.46. The normalized spacial score (nSPS) is 25.6. The molecule has 0 saturated carbocycles. The maximum atomic E-state index is 13.2. The molecule has 2 heterocycles. The van der Waals surface area contributed by atoms with Crippen molar-refractivity contribution in [3.63, 3.8) is 0 Å². The average Bonchev–Trinajstić information content (AvgIpc) is 3.05. The second kappa shape index (κ2) is 6.87. The van der Waals surface area contributed by atoms with E-state index in [-0.39, 0.29) is 11.9 Å². The smallest absolute Gasteiger partial charge is 0.192 e. The summed E-state index contributed by atoms with van der Waals surface area (Å²) in [5.41, 5.74) is 8.77. The van der Waals surface area contributed by atoms with Crippen LogP contribution in [0, 0.1) is 5.82 Å². The number of nitrogens with zero attached hydrogens (tertiary/aromatic N) is 2. The predicted molar refractivity (Wildman–Crippen MR) is 98.8 cm³/mol. The van der Waals surface area contributed by atoms with E-state index in [1.54, 1.807) is 0 Å². The van der Waals surface area contributed by atoms with Crippen molar-refractivity contribution in [2.24, 2.45) is 10.7 Å². The summed E-state index contributed by atoms with van der Waals surface area (Å²) in [6.45, 7) is 0. The fraction of sp³-hybridized carbons (Fsp3) is 0.381. The number of aryl methyl sites for hydroxylation is 1. The van der Waals surface area contributed by atoms with Crippen LogP contribution in [0.1, 0.15) is 42.9 Å². The largest absolute Gasteiger partial charge is 0.370 e. The van der Waals surface area contributed by atoms with Crippen LogP contribution >= 0.6 is 0 Å². The van der Waals surface area contributed by atoms with Crippen LogP contribution in [0.5, 0.6) is 0 Å². The lowest BCUT2D eigenvalue weighted by Crippen LogP contribution is -2.48. The van der Waals surface area contributed by atoms with Gasteiger partial charge in [0.25, 0.3) is 0 Å². The van der Waals surface area contributed by atoms with E-state index in [1.165, 1.54) is 24.1 Å². The van der Waals surface area contributed by atoms with Gasteiger partial charge in [0, 0.05) is 12.1 Å². The monoisotopic (exact) mass is 337 g/mol. The molecule has 2 aliphatic rings. The van der Waals surface area contributed by atoms with Crippen molar-refractivity contribution < 1.29 is 4.39 Å². The molecule has 2 N–H and O–H groups in total. The number of halogens is 1. The van der Waals surface area contributed by atoms with Gasteiger partial charge in [-0.25, -0.2) is 9.38 Å². The minimum absolute atomic E-state index is 0.0507. The number of fused-ring (bicyclic) bond motifs is 1. The van der Waals surface area contributed by atoms with Gasteiger partial charge in [-0.15, -0.1) is 0 Å². The molecule has 1 fully saturated rings. The summed E-state index contributed by atoms with van der Waals surface area (Å²) >= 11 is 0. The second-order valence-electron chi connectivity index (χ2n) is 7.11. The number of hydrogen-bond acceptors (Lipinski definition) is 3. The van der Waals surface area contributed by atoms with E-state index in [0.29, 0.717) is 18.0 Å². The minimum atomic E-state index is -0.208. The Morgan fingerprint density at radius 3 is 2.56 bits per heavy atom. The van der Waals surface area contributed by atoms with E-state index in [0.717, 1.165) is 31.2 Å². The number of nitrogens with two attached hydrogens (primary N) is 1. The lowest BCUT2D eigenvalue weighted by Gasteiger charge is -2.37. The Morgan fingerprint density at radius 1 is 1.04 bits per heavy atom. The molecule has 0 bridgehead atoms. The van der Waals surface area contributed by atoms with Crippen LogP contribution in [0.15, 0.2) is 59.6 Å². The summed E-state index contributed by atoms with van der Waals surface area (Å²) < 4.78 is 13.2. The number of rotatable bonds is 4. The van der Waals surface area contributed by atoms with Crippen molar-refractivity contribution in [1.82, 2.24) is 4.90 Å². The van der Waals surface area contributed by atoms with Gasteiger partial charge < -0.3 is 10.6 Å². The van der Waals surface area contributed by atoms with Crippen molar-refractivity contribution in [2.45, 2.75) is 50.2 Å². The van der Waals surface area contributed by atoms with E-state index in [4.69, 9.17) is 10.7 Å². The SMILES string of the molecule is NC1=N[C@@H](c2ccc(F)cc2)C[C@H]2CC[C@H](CCc3ccccc3)N12. The molecule has 3 nitrogen and oxygen atoms in total. The first-order chi connectivity index (χ1) is 12.2. The highest BCUT2D eigenvalue weighted by atomic mass is 19.1. The van der Waals surface area contributed by atoms with E-state index in [9.17, 15) is 4.39 Å². The molecular weight excluding hydrogens is 313 g/mol. The molecule has 4 heteroatoms. The molecule has 0 radical (unpaired) electrons. The summed E-state index contributed by atoms with van der Waals surface area (Å²) in [6.07, 6.45) is 5.48. The first-order valence-corrected chi connectivity index (χ1v) is 9.11. The molecule has 0 amide bonds. The minimum Gasteiger partial charge on any atom is -0.370 e. The van der Waals surface area contributed by atoms with Crippen LogP contribution in [0.3, 0.4) is 0 Å². The summed E-state index contributed by atoms with van der Waals surface area (Å²) in [5, 5.41) is 0. The number of hydrogen-bond donors (Lipinski definition) is 1. The quantitative estimate of drug-likeness (QED) is 0.914. The van der Waals surface area contributed by atoms with Crippen LogP contribution in [0.25, 0.3) is 0 Å². The van der Waals surface area contributed by atoms with E-state index in [2.05, 4.69) is 35.2 Å². The molecule has 2 aliphatic heterocycles. The number of aliphatic imine (C=N–C) groups is 1. The Hall–Kier alpha value is -2.36. The molecule has 1 saturated heterocycles. The van der Waals surface area contributed by atoms with E-state index < -0.39 is 0 Å². The van der Waals surface area contributed by atoms with Crippen LogP contribution in [0.4, 0.5) is 4.39 Å². The average molecular weight is 337 g/mol. The molecule has 0 unspecified atom stereocenters. The van der Waals surface area contributed by atoms with Gasteiger partial charge in [0.15, 0.2) is 5.96 Å². The van der Waals surface area contributed by atoms with Crippen molar-refractivity contribution in [2.75, 3.05) is 0 Å². The van der Waals surface area contributed by atoms with Crippen molar-refractivity contribution in [3.05, 3.63) is 71.5 Å². The molecule has 0 spiro atoms. The van der Waals surface area contributed by atoms with Gasteiger partial charge in [0.05, 0.1) is 6.04 Å². The fourth-order valence-electron chi connectivity index (χ4n) is 4.26. The predicted octanol–water partition coefficient (Wildman–Crippen LogP) is 4.05. The van der Waals surface area contributed by atoms with Crippen LogP contribution < -0.4 is 5.73 Å². The summed E-state index contributed by atoms with van der Waals surface area (Å²) in [5.74, 6) is 0.445. The topological polar surface area (TPSA) is 41.6 Å². The van der Waals surface area contributed by atoms with Crippen LogP contribution in [0.2, 0.25) is 0 Å². The third kappa shape index (κ3) is 3.39. The van der Waals surface area contributed by atoms with Gasteiger partial charge >= 0.3 is 0 Å². The Bertz CT molecular complexity index is 741. The van der Waals surface area contributed by atoms with E-state index in [1.807, 2.05) is 12.1 Å². The molecule has 0 aromatic heterocycles. The zero-order chi connectivity index (χ0) is 17.2. The summed E-state index contributed by atoms with van der Waals surface area (Å²) in [4.78, 5) is 7.06. The molecule has 130 valence electrons. The van der Waals surface area contributed by atoms with Gasteiger partial charge in [-0.2, -0.15) is 0 Å². The first-order valence-electron chi connectivity index (χ1n) is 9.11. The Kier molecular flexibility index (Phi) is 4.43. The molecule has 4 rings (SSSR count). The molecule has 3 atom stereocenters. The van der Waals surface area contributed by atoms with Crippen molar-refractivity contribution in [1.29, 1.82) is 0 Å². The lowest BCUT2D eigenvalue weighted by molar-refractivity contribution is 0.256. The maximum absolute atomic E-state index is 13.2. The highest BCUT2D eigenvalue weighted by molar-refractivity contribution is 5.80. The molecule has 2 aromatic rings. The van der Waals surface area contributed by atoms with Crippen LogP contribution in [-0.2, 0) is 6.42 Å². The standard InChI is InChI=1S/C21H24FN3/c22-17-9-7-16(8-10-17)20-14-19-13-12-18(25(19)21(23)24-20)11-6-15-4-2-1-3-5-15/h1-5,7-10,18-20H,6,11-14H2,(H2,23,24)/t18-,19+,20+/m0/s1. The third-order valence-corrected chi connectivity index (χ3v) is 5.53. The van der Waals surface area contributed by atoms with Gasteiger partial charge in [-0.3, -0.25) is 0 Å². The third-order valence-electron chi connectivity index (χ3n) is 5.53. The Labute approximate surface area is 148 Å². The molecular formula is C21H24FN3. The summed E-state index contributed by atoms with van der Waals surface area (Å²) in [7, 11) is 0. The number of benzene rings is 2. The van der Waals surface area contributed by atoms with Crippen molar-refractivity contribution in [3.8, 4) is 0 Å². The highest BCUT2D eigenvalue weighted by Gasteiger charge is 2.39. The number of guanidine groups is 1. The molecule has 25 heavy (non-hydrogen) atoms. The van der Waals surface area contributed by atoms with E-state index >= 15 is 0 Å². The van der Waals surface area contributed by atoms with Gasteiger partial charge in [-0.05, 0) is 55.4 Å². The van der Waals surface area contributed by atoms with Gasteiger partial charge in [0.2, 0.25) is 0 Å². The lowest BCUT2D eigenvalue weighted by atomic mass is 9.97. The molecule has 0 aliphatic carbocycles.